The molecule has 1 aromatic heterocycles. The summed E-state index contributed by atoms with van der Waals surface area (Å²) in [4.78, 5) is 34.0. The lowest BCUT2D eigenvalue weighted by atomic mass is 10.2. The van der Waals surface area contributed by atoms with Gasteiger partial charge in [0.05, 0.1) is 6.42 Å². The van der Waals surface area contributed by atoms with Gasteiger partial charge in [-0.1, -0.05) is 0 Å². The smallest absolute Gasteiger partial charge is 0.349 e. The molecule has 3 N–H and O–H groups in total. The molecule has 0 unspecified atom stereocenters. The molecule has 1 aliphatic rings. The molecule has 0 saturated heterocycles. The van der Waals surface area contributed by atoms with E-state index >= 15 is 0 Å². The first kappa shape index (κ1) is 11.4. The molecule has 7 nitrogen and oxygen atoms in total. The van der Waals surface area contributed by atoms with E-state index in [1.807, 2.05) is 0 Å². The summed E-state index contributed by atoms with van der Waals surface area (Å²) in [6.45, 7) is 0.0496. The highest BCUT2D eigenvalue weighted by Crippen LogP contribution is 2.16. The largest absolute Gasteiger partial charge is 0.481 e. The highest BCUT2D eigenvalue weighted by atomic mass is 16.4. The molecule has 0 bridgehead atoms. The van der Waals surface area contributed by atoms with Gasteiger partial charge in [0, 0.05) is 17.8 Å². The Morgan fingerprint density at radius 3 is 2.71 bits per heavy atom. The van der Waals surface area contributed by atoms with E-state index in [4.69, 9.17) is 10.9 Å². The molecule has 1 heterocycles. The SMILES string of the molecule is Nn1c(=O)c2c(n(CCC(=O)O)c1=O)CCC2. The molecule has 0 spiro atoms. The number of carboxylic acid groups (broad SMARTS) is 1. The van der Waals surface area contributed by atoms with E-state index < -0.39 is 17.2 Å². The van der Waals surface area contributed by atoms with Crippen LogP contribution in [0.4, 0.5) is 0 Å². The number of nitrogens with zero attached hydrogens (tertiary/aromatic N) is 2. The molecule has 1 aliphatic carbocycles. The number of rotatable bonds is 3. The monoisotopic (exact) mass is 239 g/mol. The Kier molecular flexibility index (Phi) is 2.74. The Morgan fingerprint density at radius 2 is 2.06 bits per heavy atom. The van der Waals surface area contributed by atoms with Crippen LogP contribution < -0.4 is 17.1 Å². The van der Waals surface area contributed by atoms with Crippen LogP contribution in [-0.4, -0.2) is 20.3 Å². The van der Waals surface area contributed by atoms with Gasteiger partial charge >= 0.3 is 11.7 Å². The molecule has 2 rings (SSSR count). The van der Waals surface area contributed by atoms with E-state index in [0.29, 0.717) is 28.8 Å². The van der Waals surface area contributed by atoms with Crippen LogP contribution in [0.3, 0.4) is 0 Å². The minimum Gasteiger partial charge on any atom is -0.481 e. The first-order valence-corrected chi connectivity index (χ1v) is 5.37. The van der Waals surface area contributed by atoms with Gasteiger partial charge in [-0.15, -0.1) is 0 Å². The van der Waals surface area contributed by atoms with Gasteiger partial charge in [0.25, 0.3) is 5.56 Å². The molecule has 0 aromatic carbocycles. The number of nitrogens with two attached hydrogens (primary N) is 1. The van der Waals surface area contributed by atoms with Gasteiger partial charge in [-0.25, -0.2) is 4.79 Å². The van der Waals surface area contributed by atoms with Crippen LogP contribution in [0.15, 0.2) is 9.59 Å². The lowest BCUT2D eigenvalue weighted by Crippen LogP contribution is -2.47. The number of hydrogen-bond acceptors (Lipinski definition) is 4. The summed E-state index contributed by atoms with van der Waals surface area (Å²) in [5, 5.41) is 8.62. The summed E-state index contributed by atoms with van der Waals surface area (Å²) in [6, 6.07) is 0. The van der Waals surface area contributed by atoms with Crippen LogP contribution in [0.2, 0.25) is 0 Å². The highest BCUT2D eigenvalue weighted by molar-refractivity contribution is 5.66. The highest BCUT2D eigenvalue weighted by Gasteiger charge is 2.22. The average Bonchev–Trinajstić information content (AvgIpc) is 2.74. The maximum atomic E-state index is 11.8. The van der Waals surface area contributed by atoms with Gasteiger partial charge in [0.2, 0.25) is 0 Å². The van der Waals surface area contributed by atoms with Crippen molar-refractivity contribution in [3.8, 4) is 0 Å². The fourth-order valence-electron chi connectivity index (χ4n) is 2.17. The first-order valence-electron chi connectivity index (χ1n) is 5.37. The van der Waals surface area contributed by atoms with Crippen LogP contribution in [0.1, 0.15) is 24.1 Å². The number of carbonyl (C=O) groups is 1. The van der Waals surface area contributed by atoms with Crippen molar-refractivity contribution in [2.24, 2.45) is 0 Å². The summed E-state index contributed by atoms with van der Waals surface area (Å²) < 4.78 is 1.86. The van der Waals surface area contributed by atoms with Gasteiger partial charge in [-0.05, 0) is 19.3 Å². The van der Waals surface area contributed by atoms with Crippen LogP contribution in [0.25, 0.3) is 0 Å². The van der Waals surface area contributed by atoms with Crippen LogP contribution in [0, 0.1) is 0 Å². The quantitative estimate of drug-likeness (QED) is 0.636. The summed E-state index contributed by atoms with van der Waals surface area (Å²) in [5.74, 6) is 4.40. The van der Waals surface area contributed by atoms with Gasteiger partial charge in [0.1, 0.15) is 0 Å². The molecule has 0 saturated carbocycles. The zero-order chi connectivity index (χ0) is 12.6. The molecule has 92 valence electrons. The number of aliphatic carboxylic acids is 1. The zero-order valence-electron chi connectivity index (χ0n) is 9.18. The zero-order valence-corrected chi connectivity index (χ0v) is 9.18. The second-order valence-corrected chi connectivity index (χ2v) is 4.03. The molecule has 7 heteroatoms. The lowest BCUT2D eigenvalue weighted by molar-refractivity contribution is -0.137. The second-order valence-electron chi connectivity index (χ2n) is 4.03. The van der Waals surface area contributed by atoms with Gasteiger partial charge in [-0.3, -0.25) is 14.2 Å². The Balaban J connectivity index is 2.55. The molecule has 1 aromatic rings. The Hall–Kier alpha value is -2.05. The fraction of sp³-hybridized carbons (Fsp3) is 0.500. The second kappa shape index (κ2) is 4.08. The van der Waals surface area contributed by atoms with Crippen molar-refractivity contribution in [2.75, 3.05) is 5.84 Å². The third kappa shape index (κ3) is 1.83. The van der Waals surface area contributed by atoms with Crippen LogP contribution >= 0.6 is 0 Å². The molecular formula is C10H13N3O4. The summed E-state index contributed by atoms with van der Waals surface area (Å²) in [6.07, 6.45) is 1.85. The number of hydrogen-bond donors (Lipinski definition) is 2. The maximum absolute atomic E-state index is 11.8. The summed E-state index contributed by atoms with van der Waals surface area (Å²) >= 11 is 0. The maximum Gasteiger partial charge on any atom is 0.349 e. The van der Waals surface area contributed by atoms with Crippen LogP contribution in [-0.2, 0) is 24.2 Å². The number of carboxylic acids is 1. The normalized spacial score (nSPS) is 13.6. The topological polar surface area (TPSA) is 107 Å². The van der Waals surface area contributed by atoms with Crippen molar-refractivity contribution in [1.29, 1.82) is 0 Å². The van der Waals surface area contributed by atoms with Gasteiger partial charge < -0.3 is 10.9 Å². The van der Waals surface area contributed by atoms with Crippen LogP contribution in [0.5, 0.6) is 0 Å². The predicted molar refractivity (Wildman–Crippen MR) is 59.4 cm³/mol. The number of aromatic nitrogens is 2. The predicted octanol–water partition coefficient (Wildman–Crippen LogP) is -1.31. The van der Waals surface area contributed by atoms with E-state index in [1.54, 1.807) is 0 Å². The first-order chi connectivity index (χ1) is 8.02. The van der Waals surface area contributed by atoms with E-state index in [-0.39, 0.29) is 13.0 Å². The molecular weight excluding hydrogens is 226 g/mol. The molecule has 0 fully saturated rings. The standard InChI is InChI=1S/C10H13N3O4/c11-13-9(16)6-2-1-3-7(6)12(10(13)17)5-4-8(14)15/h1-5,11H2,(H,14,15). The Bertz CT molecular complexity index is 584. The lowest BCUT2D eigenvalue weighted by Gasteiger charge is -2.12. The number of nitrogen functional groups attached to an aromatic ring is 1. The fourth-order valence-corrected chi connectivity index (χ4v) is 2.17. The molecule has 0 amide bonds. The van der Waals surface area contributed by atoms with Crippen molar-refractivity contribution in [1.82, 2.24) is 9.24 Å². The molecule has 0 radical (unpaired) electrons. The third-order valence-corrected chi connectivity index (χ3v) is 2.98. The summed E-state index contributed by atoms with van der Waals surface area (Å²) in [7, 11) is 0. The summed E-state index contributed by atoms with van der Waals surface area (Å²) in [5.41, 5.74) is 0.0754. The van der Waals surface area contributed by atoms with E-state index in [2.05, 4.69) is 0 Å². The Morgan fingerprint density at radius 1 is 1.35 bits per heavy atom. The van der Waals surface area contributed by atoms with E-state index in [1.165, 1.54) is 4.57 Å². The molecule has 0 atom stereocenters. The minimum absolute atomic E-state index is 0.0496. The van der Waals surface area contributed by atoms with Crippen molar-refractivity contribution in [2.45, 2.75) is 32.2 Å². The van der Waals surface area contributed by atoms with Gasteiger partial charge in [0.15, 0.2) is 0 Å². The van der Waals surface area contributed by atoms with Crippen molar-refractivity contribution in [3.05, 3.63) is 32.1 Å². The number of fused-ring (bicyclic) bond motifs is 1. The third-order valence-electron chi connectivity index (χ3n) is 2.98. The van der Waals surface area contributed by atoms with Crippen molar-refractivity contribution < 1.29 is 9.90 Å². The van der Waals surface area contributed by atoms with Crippen molar-refractivity contribution in [3.63, 3.8) is 0 Å². The molecule has 17 heavy (non-hydrogen) atoms. The molecule has 0 aliphatic heterocycles. The van der Waals surface area contributed by atoms with E-state index in [9.17, 15) is 14.4 Å². The van der Waals surface area contributed by atoms with Crippen molar-refractivity contribution >= 4 is 5.97 Å². The average molecular weight is 239 g/mol. The minimum atomic E-state index is -0.988. The van der Waals surface area contributed by atoms with Gasteiger partial charge in [-0.2, -0.15) is 4.68 Å². The van der Waals surface area contributed by atoms with E-state index in [0.717, 1.165) is 6.42 Å². The Labute approximate surface area is 96.1 Å².